The van der Waals surface area contributed by atoms with Crippen molar-refractivity contribution in [2.45, 2.75) is 6.42 Å². The molecule has 0 aromatic heterocycles. The van der Waals surface area contributed by atoms with Gasteiger partial charge in [-0.05, 0) is 0 Å². The summed E-state index contributed by atoms with van der Waals surface area (Å²) in [4.78, 5) is 22.7. The molecular formula is C7H11NO4. The van der Waals surface area contributed by atoms with Gasteiger partial charge in [0, 0.05) is 13.1 Å². The van der Waals surface area contributed by atoms with Gasteiger partial charge in [-0.3, -0.25) is 9.59 Å². The number of hydrogen-bond donors (Lipinski definition) is 1. The van der Waals surface area contributed by atoms with Gasteiger partial charge in [-0.2, -0.15) is 0 Å². The molecule has 1 saturated heterocycles. The van der Waals surface area contributed by atoms with Crippen LogP contribution in [0.4, 0.5) is 0 Å². The van der Waals surface area contributed by atoms with Gasteiger partial charge in [0.25, 0.3) is 0 Å². The highest BCUT2D eigenvalue weighted by molar-refractivity contribution is 5.78. The van der Waals surface area contributed by atoms with Crippen molar-refractivity contribution >= 4 is 11.9 Å². The van der Waals surface area contributed by atoms with E-state index in [1.807, 2.05) is 0 Å². The first kappa shape index (κ1) is 8.99. The minimum Gasteiger partial charge on any atom is -0.481 e. The molecule has 0 bridgehead atoms. The molecule has 0 aromatic carbocycles. The van der Waals surface area contributed by atoms with E-state index in [1.165, 1.54) is 4.90 Å². The van der Waals surface area contributed by atoms with Gasteiger partial charge in [0.15, 0.2) is 0 Å². The van der Waals surface area contributed by atoms with Crippen LogP contribution in [0, 0.1) is 0 Å². The largest absolute Gasteiger partial charge is 0.481 e. The smallest absolute Gasteiger partial charge is 0.305 e. The van der Waals surface area contributed by atoms with Crippen LogP contribution in [0.25, 0.3) is 0 Å². The Kier molecular flexibility index (Phi) is 3.04. The van der Waals surface area contributed by atoms with Gasteiger partial charge < -0.3 is 14.7 Å². The number of carboxylic acids is 1. The number of carbonyl (C=O) groups excluding carboxylic acids is 1. The average Bonchev–Trinajstić information content (AvgIpc) is 2.03. The maximum atomic E-state index is 11.0. The topological polar surface area (TPSA) is 66.8 Å². The third kappa shape index (κ3) is 2.50. The molecule has 5 heteroatoms. The second-order valence-corrected chi connectivity index (χ2v) is 2.58. The molecule has 1 N–H and O–H groups in total. The zero-order valence-electron chi connectivity index (χ0n) is 6.65. The van der Waals surface area contributed by atoms with Crippen LogP contribution in [0.3, 0.4) is 0 Å². The molecular weight excluding hydrogens is 162 g/mol. The molecule has 0 unspecified atom stereocenters. The third-order valence-electron chi connectivity index (χ3n) is 1.68. The zero-order chi connectivity index (χ0) is 8.97. The Hall–Kier alpha value is -1.10. The van der Waals surface area contributed by atoms with Gasteiger partial charge in [-0.1, -0.05) is 0 Å². The summed E-state index contributed by atoms with van der Waals surface area (Å²) in [5.74, 6) is -1.00. The number of rotatable bonds is 3. The number of hydrogen-bond acceptors (Lipinski definition) is 3. The van der Waals surface area contributed by atoms with E-state index in [2.05, 4.69) is 0 Å². The maximum absolute atomic E-state index is 11.0. The fourth-order valence-corrected chi connectivity index (χ4v) is 1.02. The van der Waals surface area contributed by atoms with Gasteiger partial charge in [0.1, 0.15) is 6.61 Å². The Morgan fingerprint density at radius 1 is 1.67 bits per heavy atom. The molecule has 5 nitrogen and oxygen atoms in total. The summed E-state index contributed by atoms with van der Waals surface area (Å²) in [5.41, 5.74) is 0. The highest BCUT2D eigenvalue weighted by Crippen LogP contribution is 1.99. The number of ether oxygens (including phenoxy) is 1. The van der Waals surface area contributed by atoms with E-state index >= 15 is 0 Å². The van der Waals surface area contributed by atoms with E-state index in [0.717, 1.165) is 0 Å². The van der Waals surface area contributed by atoms with Gasteiger partial charge in [-0.25, -0.2) is 0 Å². The molecule has 12 heavy (non-hydrogen) atoms. The monoisotopic (exact) mass is 173 g/mol. The summed E-state index contributed by atoms with van der Waals surface area (Å²) >= 11 is 0. The van der Waals surface area contributed by atoms with Crippen LogP contribution in [-0.4, -0.2) is 48.2 Å². The summed E-state index contributed by atoms with van der Waals surface area (Å²) in [6.45, 7) is 1.38. The fraction of sp³-hybridized carbons (Fsp3) is 0.714. The zero-order valence-corrected chi connectivity index (χ0v) is 6.65. The molecule has 0 spiro atoms. The van der Waals surface area contributed by atoms with Crippen molar-refractivity contribution in [3.63, 3.8) is 0 Å². The van der Waals surface area contributed by atoms with Crippen LogP contribution in [0.5, 0.6) is 0 Å². The normalized spacial score (nSPS) is 18.0. The molecule has 0 radical (unpaired) electrons. The maximum Gasteiger partial charge on any atom is 0.305 e. The lowest BCUT2D eigenvalue weighted by molar-refractivity contribution is -0.144. The summed E-state index contributed by atoms with van der Waals surface area (Å²) in [5, 5.41) is 8.36. The van der Waals surface area contributed by atoms with Gasteiger partial charge in [-0.15, -0.1) is 0 Å². The Labute approximate surface area is 69.9 Å². The van der Waals surface area contributed by atoms with Crippen molar-refractivity contribution in [2.75, 3.05) is 26.3 Å². The Bertz CT molecular complexity index is 192. The minimum atomic E-state index is -0.880. The van der Waals surface area contributed by atoms with Crippen molar-refractivity contribution in [3.8, 4) is 0 Å². The van der Waals surface area contributed by atoms with Gasteiger partial charge >= 0.3 is 5.97 Å². The average molecular weight is 173 g/mol. The number of morpholine rings is 1. The first-order valence-corrected chi connectivity index (χ1v) is 3.77. The molecule has 0 aromatic rings. The number of carboxylic acid groups (broad SMARTS) is 1. The molecule has 1 aliphatic rings. The summed E-state index contributed by atoms with van der Waals surface area (Å²) in [7, 11) is 0. The molecule has 0 atom stereocenters. The van der Waals surface area contributed by atoms with Gasteiger partial charge in [0.05, 0.1) is 13.0 Å². The molecule has 0 aliphatic carbocycles. The van der Waals surface area contributed by atoms with E-state index in [-0.39, 0.29) is 25.5 Å². The number of carbonyl (C=O) groups is 2. The number of nitrogens with zero attached hydrogens (tertiary/aromatic N) is 1. The van der Waals surface area contributed by atoms with Crippen LogP contribution in [0.2, 0.25) is 0 Å². The molecule has 1 fully saturated rings. The quantitative estimate of drug-likeness (QED) is 0.614. The van der Waals surface area contributed by atoms with Crippen LogP contribution in [-0.2, 0) is 14.3 Å². The second kappa shape index (κ2) is 4.06. The van der Waals surface area contributed by atoms with E-state index in [1.54, 1.807) is 0 Å². The molecule has 1 rings (SSSR count). The van der Waals surface area contributed by atoms with Crippen LogP contribution in [0.1, 0.15) is 6.42 Å². The van der Waals surface area contributed by atoms with E-state index in [0.29, 0.717) is 13.2 Å². The SMILES string of the molecule is O=C(O)CCN1CCOCC1=O. The van der Waals surface area contributed by atoms with E-state index in [4.69, 9.17) is 9.84 Å². The van der Waals surface area contributed by atoms with Crippen molar-refractivity contribution in [1.82, 2.24) is 4.90 Å². The van der Waals surface area contributed by atoms with Gasteiger partial charge in [0.2, 0.25) is 5.91 Å². The predicted octanol–water partition coefficient (Wildman–Crippen LogP) is -0.680. The summed E-state index contributed by atoms with van der Waals surface area (Å²) in [6, 6.07) is 0. The first-order chi connectivity index (χ1) is 5.70. The highest BCUT2D eigenvalue weighted by Gasteiger charge is 2.18. The minimum absolute atomic E-state index is 0.00569. The van der Waals surface area contributed by atoms with Crippen molar-refractivity contribution in [3.05, 3.63) is 0 Å². The molecule has 0 saturated carbocycles. The Morgan fingerprint density at radius 2 is 2.42 bits per heavy atom. The predicted molar refractivity (Wildman–Crippen MR) is 39.7 cm³/mol. The molecule has 1 amide bonds. The Balaban J connectivity index is 2.29. The molecule has 1 aliphatic heterocycles. The lowest BCUT2D eigenvalue weighted by atomic mass is 10.3. The lowest BCUT2D eigenvalue weighted by Crippen LogP contribution is -2.42. The van der Waals surface area contributed by atoms with Crippen molar-refractivity contribution in [2.24, 2.45) is 0 Å². The third-order valence-corrected chi connectivity index (χ3v) is 1.68. The van der Waals surface area contributed by atoms with Crippen molar-refractivity contribution in [1.29, 1.82) is 0 Å². The van der Waals surface area contributed by atoms with Crippen LogP contribution < -0.4 is 0 Å². The summed E-state index contributed by atoms with van der Waals surface area (Å²) in [6.07, 6.45) is 0.00569. The highest BCUT2D eigenvalue weighted by atomic mass is 16.5. The second-order valence-electron chi connectivity index (χ2n) is 2.58. The standard InChI is InChI=1S/C7H11NO4/c9-6-5-12-4-3-8(6)2-1-7(10)11/h1-5H2,(H,10,11). The van der Waals surface area contributed by atoms with Crippen LogP contribution in [0.15, 0.2) is 0 Å². The fourth-order valence-electron chi connectivity index (χ4n) is 1.02. The molecule has 68 valence electrons. The summed E-state index contributed by atoms with van der Waals surface area (Å²) < 4.78 is 4.88. The van der Waals surface area contributed by atoms with Crippen LogP contribution >= 0.6 is 0 Å². The number of amides is 1. The number of aliphatic carboxylic acids is 1. The van der Waals surface area contributed by atoms with Crippen molar-refractivity contribution < 1.29 is 19.4 Å². The van der Waals surface area contributed by atoms with E-state index in [9.17, 15) is 9.59 Å². The lowest BCUT2D eigenvalue weighted by Gasteiger charge is -2.25. The van der Waals surface area contributed by atoms with E-state index < -0.39 is 5.97 Å². The first-order valence-electron chi connectivity index (χ1n) is 3.77. The Morgan fingerprint density at radius 3 is 3.00 bits per heavy atom. The molecule has 1 heterocycles.